The third-order valence-electron chi connectivity index (χ3n) is 4.11. The molecule has 0 aliphatic heterocycles. The normalized spacial score (nSPS) is 15.7. The maximum Gasteiger partial charge on any atom is 0.155 e. The molecule has 1 rings (SSSR count). The average molecular weight is 313 g/mol. The summed E-state index contributed by atoms with van der Waals surface area (Å²) in [7, 11) is -3.24. The van der Waals surface area contributed by atoms with Gasteiger partial charge in [0.05, 0.1) is 17.1 Å². The number of hydrogen-bond donors (Lipinski definition) is 2. The first-order valence-corrected chi connectivity index (χ1v) is 8.83. The van der Waals surface area contributed by atoms with Crippen LogP contribution < -0.4 is 5.73 Å². The Morgan fingerprint density at radius 3 is 2.29 bits per heavy atom. The minimum absolute atomic E-state index is 0.0161. The molecule has 120 valence electrons. The number of aliphatic hydroxyl groups is 1. The van der Waals surface area contributed by atoms with E-state index in [4.69, 9.17) is 5.73 Å². The summed E-state index contributed by atoms with van der Waals surface area (Å²) in [6.45, 7) is 7.10. The topological polar surface area (TPSA) is 80.4 Å². The highest BCUT2D eigenvalue weighted by molar-refractivity contribution is 7.92. The van der Waals surface area contributed by atoms with Gasteiger partial charge in [0.2, 0.25) is 0 Å². The first-order chi connectivity index (χ1) is 9.58. The zero-order valence-corrected chi connectivity index (χ0v) is 14.2. The molecule has 0 bridgehead atoms. The molecule has 0 spiro atoms. The van der Waals surface area contributed by atoms with Crippen LogP contribution in [0.15, 0.2) is 24.3 Å². The standard InChI is InChI=1S/C16H27NO3S/c1-13-6-5-7-14(10-13)16(11-17,12-18)8-9-21(19,20)15(2,3)4/h5-7,10,18H,8-9,11-12,17H2,1-4H3. The van der Waals surface area contributed by atoms with E-state index in [9.17, 15) is 13.5 Å². The van der Waals surface area contributed by atoms with Crippen LogP contribution >= 0.6 is 0 Å². The van der Waals surface area contributed by atoms with Gasteiger partial charge in [0, 0.05) is 12.0 Å². The zero-order valence-electron chi connectivity index (χ0n) is 13.4. The van der Waals surface area contributed by atoms with Crippen molar-refractivity contribution in [1.82, 2.24) is 0 Å². The number of aryl methyl sites for hydroxylation is 1. The molecule has 1 atom stereocenters. The zero-order chi connectivity index (χ0) is 16.3. The minimum atomic E-state index is -3.24. The summed E-state index contributed by atoms with van der Waals surface area (Å²) in [6.07, 6.45) is 0.322. The maximum absolute atomic E-state index is 12.3. The monoisotopic (exact) mass is 313 g/mol. The van der Waals surface area contributed by atoms with Crippen molar-refractivity contribution in [2.45, 2.75) is 44.3 Å². The molecule has 1 unspecified atom stereocenters. The smallest absolute Gasteiger partial charge is 0.155 e. The van der Waals surface area contributed by atoms with E-state index in [0.717, 1.165) is 11.1 Å². The van der Waals surface area contributed by atoms with E-state index in [1.54, 1.807) is 20.8 Å². The third kappa shape index (κ3) is 4.05. The summed E-state index contributed by atoms with van der Waals surface area (Å²) in [4.78, 5) is 0. The Bertz CT molecular complexity index is 569. The average Bonchev–Trinajstić information content (AvgIpc) is 2.39. The van der Waals surface area contributed by atoms with E-state index < -0.39 is 20.0 Å². The van der Waals surface area contributed by atoms with Crippen LogP contribution in [0, 0.1) is 6.92 Å². The first kappa shape index (κ1) is 18.1. The van der Waals surface area contributed by atoms with Crippen LogP contribution in [0.2, 0.25) is 0 Å². The Labute approximate surface area is 128 Å². The van der Waals surface area contributed by atoms with Gasteiger partial charge in [-0.1, -0.05) is 29.8 Å². The van der Waals surface area contributed by atoms with Gasteiger partial charge in [-0.05, 0) is 39.7 Å². The third-order valence-corrected chi connectivity index (χ3v) is 6.71. The predicted octanol–water partition coefficient (Wildman–Crippen LogP) is 1.79. The lowest BCUT2D eigenvalue weighted by Crippen LogP contribution is -2.42. The van der Waals surface area contributed by atoms with Gasteiger partial charge in [-0.2, -0.15) is 0 Å². The van der Waals surface area contributed by atoms with Gasteiger partial charge < -0.3 is 10.8 Å². The van der Waals surface area contributed by atoms with Gasteiger partial charge in [-0.3, -0.25) is 0 Å². The summed E-state index contributed by atoms with van der Waals surface area (Å²) in [5.74, 6) is 0.0161. The van der Waals surface area contributed by atoms with Crippen molar-refractivity contribution in [3.63, 3.8) is 0 Å². The van der Waals surface area contributed by atoms with Crippen molar-refractivity contribution in [1.29, 1.82) is 0 Å². The van der Waals surface area contributed by atoms with Gasteiger partial charge in [0.25, 0.3) is 0 Å². The van der Waals surface area contributed by atoms with Crippen LogP contribution in [0.25, 0.3) is 0 Å². The van der Waals surface area contributed by atoms with Crippen LogP contribution in [0.4, 0.5) is 0 Å². The van der Waals surface area contributed by atoms with Crippen LogP contribution in [-0.2, 0) is 15.3 Å². The molecule has 3 N–H and O–H groups in total. The molecule has 0 aliphatic carbocycles. The van der Waals surface area contributed by atoms with Crippen molar-refractivity contribution in [3.8, 4) is 0 Å². The number of benzene rings is 1. The van der Waals surface area contributed by atoms with Crippen LogP contribution in [0.1, 0.15) is 38.3 Å². The lowest BCUT2D eigenvalue weighted by molar-refractivity contribution is 0.193. The van der Waals surface area contributed by atoms with Gasteiger partial charge >= 0.3 is 0 Å². The number of nitrogens with two attached hydrogens (primary N) is 1. The van der Waals surface area contributed by atoms with Crippen molar-refractivity contribution in [3.05, 3.63) is 35.4 Å². The molecule has 4 nitrogen and oxygen atoms in total. The number of aliphatic hydroxyl groups excluding tert-OH is 1. The Balaban J connectivity index is 3.09. The van der Waals surface area contributed by atoms with Crippen molar-refractivity contribution >= 4 is 9.84 Å². The molecule has 0 amide bonds. The van der Waals surface area contributed by atoms with E-state index in [2.05, 4.69) is 0 Å². The number of sulfone groups is 1. The predicted molar refractivity (Wildman–Crippen MR) is 87.2 cm³/mol. The van der Waals surface area contributed by atoms with E-state index in [0.29, 0.717) is 6.42 Å². The number of rotatable bonds is 6. The molecule has 0 aromatic heterocycles. The maximum atomic E-state index is 12.3. The molecular weight excluding hydrogens is 286 g/mol. The second-order valence-corrected chi connectivity index (χ2v) is 9.56. The molecule has 0 heterocycles. The van der Waals surface area contributed by atoms with Crippen molar-refractivity contribution in [2.75, 3.05) is 18.9 Å². The number of hydrogen-bond acceptors (Lipinski definition) is 4. The first-order valence-electron chi connectivity index (χ1n) is 7.18. The van der Waals surface area contributed by atoms with E-state index in [-0.39, 0.29) is 18.9 Å². The highest BCUT2D eigenvalue weighted by Crippen LogP contribution is 2.30. The summed E-state index contributed by atoms with van der Waals surface area (Å²) in [6, 6.07) is 7.74. The van der Waals surface area contributed by atoms with Crippen molar-refractivity contribution in [2.24, 2.45) is 5.73 Å². The van der Waals surface area contributed by atoms with Crippen LogP contribution in [0.5, 0.6) is 0 Å². The van der Waals surface area contributed by atoms with E-state index >= 15 is 0 Å². The fourth-order valence-electron chi connectivity index (χ4n) is 2.21. The molecule has 21 heavy (non-hydrogen) atoms. The summed E-state index contributed by atoms with van der Waals surface area (Å²) < 4.78 is 23.8. The Kier molecular flexibility index (Phi) is 5.58. The van der Waals surface area contributed by atoms with Gasteiger partial charge in [0.15, 0.2) is 9.84 Å². The fourth-order valence-corrected chi connectivity index (χ4v) is 3.48. The lowest BCUT2D eigenvalue weighted by atomic mass is 9.78. The second kappa shape index (κ2) is 6.46. The minimum Gasteiger partial charge on any atom is -0.395 e. The fraction of sp³-hybridized carbons (Fsp3) is 0.625. The quantitative estimate of drug-likeness (QED) is 0.839. The van der Waals surface area contributed by atoms with Gasteiger partial charge in [0.1, 0.15) is 0 Å². The Morgan fingerprint density at radius 2 is 1.86 bits per heavy atom. The van der Waals surface area contributed by atoms with Crippen LogP contribution in [0.3, 0.4) is 0 Å². The molecule has 0 fully saturated rings. The molecule has 5 heteroatoms. The summed E-state index contributed by atoms with van der Waals surface area (Å²) in [5.41, 5.74) is 7.15. The lowest BCUT2D eigenvalue weighted by Gasteiger charge is -2.32. The molecule has 1 aromatic rings. The van der Waals surface area contributed by atoms with E-state index in [1.807, 2.05) is 31.2 Å². The van der Waals surface area contributed by atoms with E-state index in [1.165, 1.54) is 0 Å². The highest BCUT2D eigenvalue weighted by Gasteiger charge is 2.35. The molecule has 0 radical (unpaired) electrons. The van der Waals surface area contributed by atoms with Gasteiger partial charge in [-0.15, -0.1) is 0 Å². The Morgan fingerprint density at radius 1 is 1.24 bits per heavy atom. The van der Waals surface area contributed by atoms with Crippen LogP contribution in [-0.4, -0.2) is 37.2 Å². The summed E-state index contributed by atoms with van der Waals surface area (Å²) in [5, 5.41) is 9.85. The highest BCUT2D eigenvalue weighted by atomic mass is 32.2. The SMILES string of the molecule is Cc1cccc(C(CN)(CO)CCS(=O)(=O)C(C)(C)C)c1. The largest absolute Gasteiger partial charge is 0.395 e. The molecule has 1 aromatic carbocycles. The summed E-state index contributed by atoms with van der Waals surface area (Å²) >= 11 is 0. The molecular formula is C16H27NO3S. The second-order valence-electron chi connectivity index (χ2n) is 6.69. The molecule has 0 aliphatic rings. The van der Waals surface area contributed by atoms with Gasteiger partial charge in [-0.25, -0.2) is 8.42 Å². The molecule has 0 saturated carbocycles. The Hall–Kier alpha value is -0.910. The molecule has 0 saturated heterocycles. The van der Waals surface area contributed by atoms with Crippen molar-refractivity contribution < 1.29 is 13.5 Å².